The summed E-state index contributed by atoms with van der Waals surface area (Å²) < 4.78 is 31.8. The number of hydrogen-bond acceptors (Lipinski definition) is 3. The van der Waals surface area contributed by atoms with Crippen LogP contribution in [0.3, 0.4) is 0 Å². The first kappa shape index (κ1) is 18.0. The predicted octanol–water partition coefficient (Wildman–Crippen LogP) is 3.13. The summed E-state index contributed by atoms with van der Waals surface area (Å²) in [5.41, 5.74) is 3.01. The van der Waals surface area contributed by atoms with E-state index in [2.05, 4.69) is 31.6 Å². The van der Waals surface area contributed by atoms with Crippen molar-refractivity contribution in [1.29, 1.82) is 0 Å². The Bertz CT molecular complexity index is 586. The van der Waals surface area contributed by atoms with Gasteiger partial charge in [0, 0.05) is 17.7 Å². The molecule has 0 aliphatic heterocycles. The molecule has 0 unspecified atom stereocenters. The number of sulfonamides is 1. The van der Waals surface area contributed by atoms with Crippen LogP contribution in [0, 0.1) is 6.92 Å². The van der Waals surface area contributed by atoms with E-state index in [1.165, 1.54) is 0 Å². The lowest BCUT2D eigenvalue weighted by Crippen LogP contribution is -2.26. The van der Waals surface area contributed by atoms with E-state index < -0.39 is 10.0 Å². The fourth-order valence-corrected chi connectivity index (χ4v) is 3.36. The zero-order valence-electron chi connectivity index (χ0n) is 13.9. The second kappa shape index (κ2) is 6.79. The monoisotopic (exact) mass is 313 g/mol. The van der Waals surface area contributed by atoms with Gasteiger partial charge >= 0.3 is 0 Å². The van der Waals surface area contributed by atoms with Crippen LogP contribution in [-0.4, -0.2) is 21.3 Å². The van der Waals surface area contributed by atoms with Gasteiger partial charge in [0.25, 0.3) is 0 Å². The summed E-state index contributed by atoms with van der Waals surface area (Å²) in [5.74, 6) is 0.917. The van der Waals surface area contributed by atoms with E-state index in [0.29, 0.717) is 6.42 Å². The summed E-state index contributed by atoms with van der Waals surface area (Å²) in [4.78, 5) is 0. The van der Waals surface area contributed by atoms with Crippen molar-refractivity contribution in [2.24, 2.45) is 0 Å². The Hall–Kier alpha value is -1.07. The summed E-state index contributed by atoms with van der Waals surface area (Å²) in [5, 5.41) is 0. The molecule has 120 valence electrons. The van der Waals surface area contributed by atoms with Gasteiger partial charge in [-0.2, -0.15) is 0 Å². The molecule has 0 fully saturated rings. The van der Waals surface area contributed by atoms with E-state index in [9.17, 15) is 8.42 Å². The van der Waals surface area contributed by atoms with Gasteiger partial charge in [-0.25, -0.2) is 13.1 Å². The highest BCUT2D eigenvalue weighted by atomic mass is 32.2. The number of rotatable bonds is 6. The van der Waals surface area contributed by atoms with Crippen LogP contribution in [0.1, 0.15) is 50.8 Å². The molecule has 0 bridgehead atoms. The largest absolute Gasteiger partial charge is 0.496 e. The van der Waals surface area contributed by atoms with Crippen LogP contribution in [-0.2, 0) is 22.0 Å². The Balaban J connectivity index is 3.16. The van der Waals surface area contributed by atoms with Gasteiger partial charge in [-0.15, -0.1) is 0 Å². The van der Waals surface area contributed by atoms with Gasteiger partial charge in [-0.05, 0) is 18.8 Å². The Morgan fingerprint density at radius 2 is 1.86 bits per heavy atom. The van der Waals surface area contributed by atoms with Crippen molar-refractivity contribution in [3.8, 4) is 5.75 Å². The quantitative estimate of drug-likeness (QED) is 0.878. The molecule has 1 aromatic carbocycles. The second-order valence-corrected chi connectivity index (χ2v) is 8.32. The summed E-state index contributed by atoms with van der Waals surface area (Å²) in [6, 6.07) is 4.07. The maximum atomic E-state index is 11.8. The molecule has 0 aromatic heterocycles. The number of benzene rings is 1. The minimum atomic E-state index is -3.22. The Kier molecular flexibility index (Phi) is 5.82. The first-order valence-electron chi connectivity index (χ1n) is 7.26. The number of nitrogens with one attached hydrogen (secondary N) is 1. The zero-order valence-corrected chi connectivity index (χ0v) is 14.7. The highest BCUT2D eigenvalue weighted by Gasteiger charge is 2.22. The number of ether oxygens (including phenoxy) is 1. The molecule has 4 nitrogen and oxygen atoms in total. The van der Waals surface area contributed by atoms with E-state index in [-0.39, 0.29) is 17.7 Å². The molecule has 0 spiro atoms. The number of aryl methyl sites for hydroxylation is 1. The molecule has 1 rings (SSSR count). The average molecular weight is 313 g/mol. The summed E-state index contributed by atoms with van der Waals surface area (Å²) >= 11 is 0. The van der Waals surface area contributed by atoms with Crippen molar-refractivity contribution < 1.29 is 13.2 Å². The van der Waals surface area contributed by atoms with Gasteiger partial charge in [0.05, 0.1) is 12.9 Å². The Morgan fingerprint density at radius 1 is 1.24 bits per heavy atom. The van der Waals surface area contributed by atoms with Crippen molar-refractivity contribution in [1.82, 2.24) is 4.72 Å². The molecular weight excluding hydrogens is 286 g/mol. The van der Waals surface area contributed by atoms with Crippen LogP contribution >= 0.6 is 0 Å². The average Bonchev–Trinajstić information content (AvgIpc) is 2.34. The molecule has 0 radical (unpaired) electrons. The lowest BCUT2D eigenvalue weighted by Gasteiger charge is -2.25. The van der Waals surface area contributed by atoms with E-state index >= 15 is 0 Å². The van der Waals surface area contributed by atoms with Crippen LogP contribution in [0.15, 0.2) is 12.1 Å². The second-order valence-electron chi connectivity index (χ2n) is 6.39. The summed E-state index contributed by atoms with van der Waals surface area (Å²) in [6.45, 7) is 10.5. The smallest absolute Gasteiger partial charge is 0.211 e. The SMILES string of the molecule is CCCS(=O)(=O)NCc1cc(C)cc(C(C)(C)C)c1OC. The number of methoxy groups -OCH3 is 1. The molecule has 0 atom stereocenters. The standard InChI is InChI=1S/C16H27NO3S/c1-7-8-21(18,19)17-11-13-9-12(2)10-14(15(13)20-6)16(3,4)5/h9-10,17H,7-8,11H2,1-6H3. The molecule has 0 heterocycles. The minimum absolute atomic E-state index is 0.0611. The van der Waals surface area contributed by atoms with E-state index in [1.807, 2.05) is 19.9 Å². The first-order valence-corrected chi connectivity index (χ1v) is 8.91. The topological polar surface area (TPSA) is 55.4 Å². The lowest BCUT2D eigenvalue weighted by molar-refractivity contribution is 0.392. The van der Waals surface area contributed by atoms with Gasteiger partial charge in [0.1, 0.15) is 5.75 Å². The molecule has 5 heteroatoms. The predicted molar refractivity (Wildman–Crippen MR) is 87.3 cm³/mol. The van der Waals surface area contributed by atoms with Crippen LogP contribution in [0.2, 0.25) is 0 Å². The van der Waals surface area contributed by atoms with E-state index in [1.54, 1.807) is 7.11 Å². The maximum Gasteiger partial charge on any atom is 0.211 e. The molecule has 0 aliphatic rings. The third-order valence-electron chi connectivity index (χ3n) is 3.28. The van der Waals surface area contributed by atoms with Crippen LogP contribution in [0.5, 0.6) is 5.75 Å². The Morgan fingerprint density at radius 3 is 2.33 bits per heavy atom. The van der Waals surface area contributed by atoms with Gasteiger partial charge in [-0.1, -0.05) is 45.4 Å². The minimum Gasteiger partial charge on any atom is -0.496 e. The molecule has 0 amide bonds. The fraction of sp³-hybridized carbons (Fsp3) is 0.625. The molecule has 0 saturated heterocycles. The third kappa shape index (κ3) is 5.00. The molecule has 1 N–H and O–H groups in total. The van der Waals surface area contributed by atoms with Crippen molar-refractivity contribution in [3.63, 3.8) is 0 Å². The summed E-state index contributed by atoms with van der Waals surface area (Å²) in [6.07, 6.45) is 0.605. The first-order chi connectivity index (χ1) is 9.60. The molecule has 0 aliphatic carbocycles. The third-order valence-corrected chi connectivity index (χ3v) is 4.81. The van der Waals surface area contributed by atoms with E-state index in [0.717, 1.165) is 22.4 Å². The van der Waals surface area contributed by atoms with Crippen LogP contribution < -0.4 is 9.46 Å². The fourth-order valence-electron chi connectivity index (χ4n) is 2.31. The molecule has 21 heavy (non-hydrogen) atoms. The lowest BCUT2D eigenvalue weighted by atomic mass is 9.84. The van der Waals surface area contributed by atoms with Crippen molar-refractivity contribution in [2.75, 3.05) is 12.9 Å². The van der Waals surface area contributed by atoms with E-state index in [4.69, 9.17) is 4.74 Å². The molecular formula is C16H27NO3S. The van der Waals surface area contributed by atoms with Gasteiger partial charge in [0.2, 0.25) is 10.0 Å². The zero-order chi connectivity index (χ0) is 16.3. The number of hydrogen-bond donors (Lipinski definition) is 1. The normalized spacial score (nSPS) is 12.5. The van der Waals surface area contributed by atoms with Crippen molar-refractivity contribution >= 4 is 10.0 Å². The van der Waals surface area contributed by atoms with Crippen molar-refractivity contribution in [2.45, 2.75) is 53.0 Å². The Labute approximate surface area is 129 Å². The highest BCUT2D eigenvalue weighted by Crippen LogP contribution is 2.35. The van der Waals surface area contributed by atoms with Crippen LogP contribution in [0.25, 0.3) is 0 Å². The highest BCUT2D eigenvalue weighted by molar-refractivity contribution is 7.89. The molecule has 1 aromatic rings. The van der Waals surface area contributed by atoms with Crippen molar-refractivity contribution in [3.05, 3.63) is 28.8 Å². The van der Waals surface area contributed by atoms with Gasteiger partial charge in [-0.3, -0.25) is 0 Å². The molecule has 0 saturated carbocycles. The summed E-state index contributed by atoms with van der Waals surface area (Å²) in [7, 11) is -1.59. The van der Waals surface area contributed by atoms with Gasteiger partial charge < -0.3 is 4.74 Å². The van der Waals surface area contributed by atoms with Gasteiger partial charge in [0.15, 0.2) is 0 Å². The van der Waals surface area contributed by atoms with Crippen LogP contribution in [0.4, 0.5) is 0 Å². The maximum absolute atomic E-state index is 11.8.